The summed E-state index contributed by atoms with van der Waals surface area (Å²) in [4.78, 5) is 14.7. The van der Waals surface area contributed by atoms with Crippen molar-refractivity contribution in [1.82, 2.24) is 0 Å². The molecule has 0 amide bonds. The molecule has 3 aliphatic rings. The van der Waals surface area contributed by atoms with Crippen molar-refractivity contribution < 1.29 is 4.79 Å². The van der Waals surface area contributed by atoms with Crippen LogP contribution in [-0.4, -0.2) is 5.78 Å². The van der Waals surface area contributed by atoms with Crippen LogP contribution in [0.3, 0.4) is 0 Å². The molecule has 5 aromatic rings. The predicted octanol–water partition coefficient (Wildman–Crippen LogP) is 7.65. The first kappa shape index (κ1) is 18.7. The molecule has 4 atom stereocenters. The van der Waals surface area contributed by atoms with E-state index in [1.807, 2.05) is 0 Å². The molecular formula is C33H24O. The fourth-order valence-corrected chi connectivity index (χ4v) is 8.25. The van der Waals surface area contributed by atoms with E-state index in [0.29, 0.717) is 5.78 Å². The zero-order chi connectivity index (χ0) is 22.8. The molecule has 3 aliphatic carbocycles. The molecule has 162 valence electrons. The Bertz CT molecular complexity index is 1600. The first-order valence-electron chi connectivity index (χ1n) is 12.3. The Labute approximate surface area is 199 Å². The third-order valence-corrected chi connectivity index (χ3v) is 9.37. The van der Waals surface area contributed by atoms with Gasteiger partial charge in [0.1, 0.15) is 0 Å². The standard InChI is InChI=1S/C33H24O/c1-32-27-23-15-7-3-11-19(23)21-13-5-9-17-25(21)29(27)33(2,31(32)34)30-26-18-10-6-14-22(26)20-12-4-8-16-24(20)28(30)32/h3-18,27,29H,1-2H3/t27-,29-,32-,33+/m0/s1. The van der Waals surface area contributed by atoms with E-state index in [1.54, 1.807) is 0 Å². The van der Waals surface area contributed by atoms with E-state index in [-0.39, 0.29) is 11.8 Å². The summed E-state index contributed by atoms with van der Waals surface area (Å²) in [5.41, 5.74) is 6.63. The van der Waals surface area contributed by atoms with E-state index in [1.165, 1.54) is 54.9 Å². The molecular weight excluding hydrogens is 412 g/mol. The number of rotatable bonds is 0. The predicted molar refractivity (Wildman–Crippen MR) is 139 cm³/mol. The fraction of sp³-hybridized carbons (Fsp3) is 0.182. The Morgan fingerprint density at radius 1 is 0.500 bits per heavy atom. The SMILES string of the molecule is C[C@]12C(=O)[C@](C)(c3c1c1ccccc1c1ccccc31)[C@H]1c3ccccc3-c3ccccc3[C@@H]12. The van der Waals surface area contributed by atoms with E-state index in [4.69, 9.17) is 0 Å². The second-order valence-electron chi connectivity index (χ2n) is 10.7. The van der Waals surface area contributed by atoms with E-state index in [0.717, 1.165) is 0 Å². The molecule has 1 heteroatoms. The summed E-state index contributed by atoms with van der Waals surface area (Å²) in [6.45, 7) is 4.49. The molecule has 0 heterocycles. The van der Waals surface area contributed by atoms with Crippen molar-refractivity contribution in [3.05, 3.63) is 119 Å². The van der Waals surface area contributed by atoms with Crippen LogP contribution in [0.25, 0.3) is 32.7 Å². The van der Waals surface area contributed by atoms with Crippen LogP contribution in [0.1, 0.15) is 47.9 Å². The first-order chi connectivity index (χ1) is 16.6. The monoisotopic (exact) mass is 436 g/mol. The second kappa shape index (κ2) is 5.85. The number of fused-ring (bicyclic) bond motifs is 18. The van der Waals surface area contributed by atoms with Crippen molar-refractivity contribution in [3.63, 3.8) is 0 Å². The molecule has 0 N–H and O–H groups in total. The zero-order valence-corrected chi connectivity index (χ0v) is 19.3. The summed E-state index contributed by atoms with van der Waals surface area (Å²) in [6.07, 6.45) is 0. The van der Waals surface area contributed by atoms with Gasteiger partial charge in [-0.2, -0.15) is 0 Å². The third kappa shape index (κ3) is 1.80. The van der Waals surface area contributed by atoms with Crippen LogP contribution >= 0.6 is 0 Å². The highest BCUT2D eigenvalue weighted by molar-refractivity contribution is 6.21. The van der Waals surface area contributed by atoms with Crippen LogP contribution in [-0.2, 0) is 15.6 Å². The molecule has 0 spiro atoms. The maximum atomic E-state index is 14.7. The Morgan fingerprint density at radius 2 is 0.853 bits per heavy atom. The van der Waals surface area contributed by atoms with Gasteiger partial charge in [0.05, 0.1) is 10.8 Å². The van der Waals surface area contributed by atoms with Crippen molar-refractivity contribution in [2.24, 2.45) is 0 Å². The molecule has 0 radical (unpaired) electrons. The lowest BCUT2D eigenvalue weighted by Crippen LogP contribution is -2.36. The molecule has 1 nitrogen and oxygen atoms in total. The van der Waals surface area contributed by atoms with Gasteiger partial charge in [-0.15, -0.1) is 0 Å². The summed E-state index contributed by atoms with van der Waals surface area (Å²) in [7, 11) is 0. The highest BCUT2D eigenvalue weighted by atomic mass is 16.1. The smallest absolute Gasteiger partial charge is 0.154 e. The first-order valence-corrected chi connectivity index (χ1v) is 12.3. The van der Waals surface area contributed by atoms with Crippen LogP contribution < -0.4 is 0 Å². The minimum absolute atomic E-state index is 0.133. The second-order valence-corrected chi connectivity index (χ2v) is 10.7. The van der Waals surface area contributed by atoms with Crippen LogP contribution in [0.2, 0.25) is 0 Å². The highest BCUT2D eigenvalue weighted by Crippen LogP contribution is 2.74. The molecule has 1 fully saturated rings. The van der Waals surface area contributed by atoms with Crippen molar-refractivity contribution in [1.29, 1.82) is 0 Å². The Hall–Kier alpha value is -3.71. The maximum Gasteiger partial charge on any atom is 0.154 e. The number of Topliss-reactive ketones (excluding diaryl/α,β-unsaturated/α-hetero) is 1. The Balaban J connectivity index is 1.61. The van der Waals surface area contributed by atoms with Crippen molar-refractivity contribution in [2.45, 2.75) is 36.5 Å². The molecule has 0 aliphatic heterocycles. The van der Waals surface area contributed by atoms with E-state index in [2.05, 4.69) is 111 Å². The van der Waals surface area contributed by atoms with Crippen LogP contribution in [0.15, 0.2) is 97.1 Å². The summed E-state index contributed by atoms with van der Waals surface area (Å²) >= 11 is 0. The lowest BCUT2D eigenvalue weighted by atomic mass is 9.56. The maximum absolute atomic E-state index is 14.7. The van der Waals surface area contributed by atoms with Crippen molar-refractivity contribution in [2.75, 3.05) is 0 Å². The summed E-state index contributed by atoms with van der Waals surface area (Å²) in [5, 5.41) is 4.99. The number of hydrogen-bond donors (Lipinski definition) is 0. The number of benzene rings is 5. The lowest BCUT2D eigenvalue weighted by molar-refractivity contribution is -0.124. The molecule has 1 saturated carbocycles. The topological polar surface area (TPSA) is 17.1 Å². The van der Waals surface area contributed by atoms with E-state index in [9.17, 15) is 4.79 Å². The molecule has 34 heavy (non-hydrogen) atoms. The minimum atomic E-state index is -0.567. The van der Waals surface area contributed by atoms with E-state index < -0.39 is 10.8 Å². The molecule has 0 unspecified atom stereocenters. The highest BCUT2D eigenvalue weighted by Gasteiger charge is 2.73. The van der Waals surface area contributed by atoms with Gasteiger partial charge in [0.25, 0.3) is 0 Å². The van der Waals surface area contributed by atoms with Gasteiger partial charge in [0.15, 0.2) is 5.78 Å². The quantitative estimate of drug-likeness (QED) is 0.228. The molecule has 0 aromatic heterocycles. The molecule has 0 saturated heterocycles. The molecule has 2 bridgehead atoms. The summed E-state index contributed by atoms with van der Waals surface area (Å²) in [6, 6.07) is 35.0. The average Bonchev–Trinajstić information content (AvgIpc) is 3.19. The molecule has 8 rings (SSSR count). The van der Waals surface area contributed by atoms with Gasteiger partial charge in [-0.25, -0.2) is 0 Å². The van der Waals surface area contributed by atoms with Crippen LogP contribution in [0, 0.1) is 0 Å². The zero-order valence-electron chi connectivity index (χ0n) is 19.3. The van der Waals surface area contributed by atoms with Crippen molar-refractivity contribution >= 4 is 27.3 Å². The minimum Gasteiger partial charge on any atom is -0.298 e. The van der Waals surface area contributed by atoms with Crippen molar-refractivity contribution in [3.8, 4) is 11.1 Å². The van der Waals surface area contributed by atoms with Gasteiger partial charge >= 0.3 is 0 Å². The van der Waals surface area contributed by atoms with E-state index >= 15 is 0 Å². The Morgan fingerprint density at radius 3 is 1.29 bits per heavy atom. The number of hydrogen-bond acceptors (Lipinski definition) is 1. The average molecular weight is 437 g/mol. The normalized spacial score (nSPS) is 28.0. The van der Waals surface area contributed by atoms with Crippen LogP contribution in [0.5, 0.6) is 0 Å². The van der Waals surface area contributed by atoms with Gasteiger partial charge in [0.2, 0.25) is 0 Å². The van der Waals surface area contributed by atoms with Gasteiger partial charge in [0, 0.05) is 11.8 Å². The van der Waals surface area contributed by atoms with Gasteiger partial charge in [-0.3, -0.25) is 4.79 Å². The van der Waals surface area contributed by atoms with Crippen LogP contribution in [0.4, 0.5) is 0 Å². The Kier molecular flexibility index (Phi) is 3.22. The number of carbonyl (C=O) groups excluding carboxylic acids is 1. The van der Waals surface area contributed by atoms with Gasteiger partial charge in [-0.1, -0.05) is 97.1 Å². The number of ketones is 1. The van der Waals surface area contributed by atoms with Gasteiger partial charge in [-0.05, 0) is 68.8 Å². The summed E-state index contributed by atoms with van der Waals surface area (Å²) in [5.74, 6) is 0.652. The molecule has 5 aromatic carbocycles. The number of carbonyl (C=O) groups is 1. The third-order valence-electron chi connectivity index (χ3n) is 9.37. The van der Waals surface area contributed by atoms with Gasteiger partial charge < -0.3 is 0 Å². The largest absolute Gasteiger partial charge is 0.298 e. The summed E-state index contributed by atoms with van der Waals surface area (Å²) < 4.78 is 0. The lowest BCUT2D eigenvalue weighted by Gasteiger charge is -2.45. The fourth-order valence-electron chi connectivity index (χ4n) is 8.25.